The fraction of sp³-hybridized carbons (Fsp3) is 0.611. The molecule has 1 aliphatic rings. The summed E-state index contributed by atoms with van der Waals surface area (Å²) in [7, 11) is 0. The third-order valence-corrected chi connectivity index (χ3v) is 4.32. The van der Waals surface area contributed by atoms with Gasteiger partial charge in [0.25, 0.3) is 0 Å². The van der Waals surface area contributed by atoms with Crippen LogP contribution < -0.4 is 4.90 Å². The number of hydrogen-bond donors (Lipinski definition) is 0. The normalized spacial score (nSPS) is 18.4. The van der Waals surface area contributed by atoms with Crippen molar-refractivity contribution in [2.24, 2.45) is 0 Å². The van der Waals surface area contributed by atoms with Crippen molar-refractivity contribution in [2.75, 3.05) is 24.6 Å². The smallest absolute Gasteiger partial charge is 0.133 e. The van der Waals surface area contributed by atoms with E-state index in [0.29, 0.717) is 12.5 Å². The monoisotopic (exact) mass is 329 g/mol. The van der Waals surface area contributed by atoms with E-state index >= 15 is 0 Å². The number of morpholine rings is 1. The zero-order chi connectivity index (χ0) is 17.3. The van der Waals surface area contributed by atoms with Crippen molar-refractivity contribution in [3.63, 3.8) is 0 Å². The number of ether oxygens (including phenoxy) is 1. The van der Waals surface area contributed by atoms with Gasteiger partial charge in [-0.05, 0) is 26.8 Å². The number of aromatic nitrogens is 4. The molecule has 1 atom stereocenters. The first-order valence-electron chi connectivity index (χ1n) is 8.65. The predicted molar refractivity (Wildman–Crippen MR) is 94.5 cm³/mol. The first-order valence-corrected chi connectivity index (χ1v) is 8.65. The van der Waals surface area contributed by atoms with Crippen LogP contribution in [0, 0.1) is 20.8 Å². The van der Waals surface area contributed by atoms with Crippen LogP contribution in [0.5, 0.6) is 0 Å². The number of hydrogen-bond acceptors (Lipinski definition) is 5. The summed E-state index contributed by atoms with van der Waals surface area (Å²) in [5.74, 6) is 2.25. The Balaban J connectivity index is 1.75. The van der Waals surface area contributed by atoms with Gasteiger partial charge in [-0.15, -0.1) is 0 Å². The maximum Gasteiger partial charge on any atom is 0.133 e. The van der Waals surface area contributed by atoms with Crippen molar-refractivity contribution in [2.45, 2.75) is 53.2 Å². The van der Waals surface area contributed by atoms with Crippen LogP contribution in [0.4, 0.5) is 5.82 Å². The lowest BCUT2D eigenvalue weighted by Gasteiger charge is -2.34. The molecule has 0 N–H and O–H groups in total. The summed E-state index contributed by atoms with van der Waals surface area (Å²) in [6.07, 6.45) is 0.120. The maximum absolute atomic E-state index is 5.96. The van der Waals surface area contributed by atoms with Gasteiger partial charge >= 0.3 is 0 Å². The summed E-state index contributed by atoms with van der Waals surface area (Å²) >= 11 is 0. The first-order chi connectivity index (χ1) is 11.4. The Hall–Kier alpha value is -1.95. The van der Waals surface area contributed by atoms with Crippen LogP contribution in [0.3, 0.4) is 0 Å². The second-order valence-electron chi connectivity index (χ2n) is 6.93. The molecule has 6 heteroatoms. The average molecular weight is 329 g/mol. The largest absolute Gasteiger partial charge is 0.373 e. The molecule has 1 saturated heterocycles. The summed E-state index contributed by atoms with van der Waals surface area (Å²) in [6.45, 7) is 13.6. The van der Waals surface area contributed by atoms with Crippen molar-refractivity contribution in [1.82, 2.24) is 19.7 Å². The zero-order valence-corrected chi connectivity index (χ0v) is 15.3. The molecule has 24 heavy (non-hydrogen) atoms. The Morgan fingerprint density at radius 2 is 1.96 bits per heavy atom. The van der Waals surface area contributed by atoms with Gasteiger partial charge in [0.1, 0.15) is 11.6 Å². The van der Waals surface area contributed by atoms with E-state index in [0.717, 1.165) is 42.7 Å². The minimum Gasteiger partial charge on any atom is -0.373 e. The van der Waals surface area contributed by atoms with Gasteiger partial charge in [-0.3, -0.25) is 4.68 Å². The molecule has 3 rings (SSSR count). The maximum atomic E-state index is 5.96. The minimum atomic E-state index is 0.120. The van der Waals surface area contributed by atoms with Gasteiger partial charge < -0.3 is 9.64 Å². The van der Waals surface area contributed by atoms with E-state index in [4.69, 9.17) is 9.72 Å². The minimum absolute atomic E-state index is 0.120. The van der Waals surface area contributed by atoms with E-state index in [-0.39, 0.29) is 6.10 Å². The Bertz CT molecular complexity index is 709. The molecular weight excluding hydrogens is 302 g/mol. The van der Waals surface area contributed by atoms with Crippen LogP contribution in [0.15, 0.2) is 12.1 Å². The molecule has 1 fully saturated rings. The van der Waals surface area contributed by atoms with E-state index in [9.17, 15) is 0 Å². The van der Waals surface area contributed by atoms with E-state index in [1.54, 1.807) is 0 Å². The molecule has 0 aliphatic carbocycles. The second-order valence-corrected chi connectivity index (χ2v) is 6.93. The Kier molecular flexibility index (Phi) is 4.85. The van der Waals surface area contributed by atoms with Crippen molar-refractivity contribution >= 4 is 5.82 Å². The summed E-state index contributed by atoms with van der Waals surface area (Å²) in [4.78, 5) is 11.6. The van der Waals surface area contributed by atoms with Crippen molar-refractivity contribution < 1.29 is 4.74 Å². The fourth-order valence-electron chi connectivity index (χ4n) is 3.09. The van der Waals surface area contributed by atoms with Crippen LogP contribution in [-0.2, 0) is 11.3 Å². The molecule has 1 unspecified atom stereocenters. The lowest BCUT2D eigenvalue weighted by atomic mass is 10.2. The Morgan fingerprint density at radius 1 is 1.17 bits per heavy atom. The molecule has 0 radical (unpaired) electrons. The standard InChI is InChI=1S/C18H27N5O/c1-12(2)18-19-13(3)9-17(20-18)22-6-7-24-16(10-22)11-23-15(5)8-14(4)21-23/h8-9,12,16H,6-7,10-11H2,1-5H3. The van der Waals surface area contributed by atoms with Gasteiger partial charge in [-0.2, -0.15) is 5.10 Å². The summed E-state index contributed by atoms with van der Waals surface area (Å²) in [6, 6.07) is 4.17. The van der Waals surface area contributed by atoms with Gasteiger partial charge in [-0.1, -0.05) is 13.8 Å². The highest BCUT2D eigenvalue weighted by molar-refractivity contribution is 5.40. The van der Waals surface area contributed by atoms with Gasteiger partial charge in [0.05, 0.1) is 24.9 Å². The zero-order valence-electron chi connectivity index (χ0n) is 15.3. The van der Waals surface area contributed by atoms with Gasteiger partial charge in [0.15, 0.2) is 0 Å². The SMILES string of the molecule is Cc1cc(N2CCOC(Cn3nc(C)cc3C)C2)nc(C(C)C)n1. The van der Waals surface area contributed by atoms with E-state index < -0.39 is 0 Å². The molecule has 0 bridgehead atoms. The molecule has 0 saturated carbocycles. The highest BCUT2D eigenvalue weighted by Crippen LogP contribution is 2.20. The number of rotatable bonds is 4. The molecule has 6 nitrogen and oxygen atoms in total. The highest BCUT2D eigenvalue weighted by Gasteiger charge is 2.23. The fourth-order valence-corrected chi connectivity index (χ4v) is 3.09. The van der Waals surface area contributed by atoms with Gasteiger partial charge in [0.2, 0.25) is 0 Å². The molecular formula is C18H27N5O. The number of aryl methyl sites for hydroxylation is 3. The third-order valence-electron chi connectivity index (χ3n) is 4.32. The second kappa shape index (κ2) is 6.89. The molecule has 3 heterocycles. The van der Waals surface area contributed by atoms with E-state index in [1.165, 1.54) is 5.69 Å². The van der Waals surface area contributed by atoms with Crippen molar-refractivity contribution in [1.29, 1.82) is 0 Å². The summed E-state index contributed by atoms with van der Waals surface area (Å²) < 4.78 is 8.00. The lowest BCUT2D eigenvalue weighted by molar-refractivity contribution is 0.0267. The third kappa shape index (κ3) is 3.75. The van der Waals surface area contributed by atoms with Gasteiger partial charge in [0, 0.05) is 36.5 Å². The van der Waals surface area contributed by atoms with Crippen LogP contribution in [0.1, 0.15) is 42.7 Å². The van der Waals surface area contributed by atoms with Crippen molar-refractivity contribution in [3.05, 3.63) is 35.0 Å². The molecule has 130 valence electrons. The quantitative estimate of drug-likeness (QED) is 0.863. The molecule has 0 spiro atoms. The van der Waals surface area contributed by atoms with E-state index in [1.807, 2.05) is 18.5 Å². The van der Waals surface area contributed by atoms with Crippen LogP contribution >= 0.6 is 0 Å². The Labute approximate surface area is 143 Å². The van der Waals surface area contributed by atoms with Crippen molar-refractivity contribution in [3.8, 4) is 0 Å². The summed E-state index contributed by atoms with van der Waals surface area (Å²) in [5, 5.41) is 4.55. The lowest BCUT2D eigenvalue weighted by Crippen LogP contribution is -2.45. The molecule has 2 aromatic rings. The van der Waals surface area contributed by atoms with Gasteiger partial charge in [-0.25, -0.2) is 9.97 Å². The first kappa shape index (κ1) is 16.9. The summed E-state index contributed by atoms with van der Waals surface area (Å²) in [5.41, 5.74) is 3.24. The molecule has 2 aromatic heterocycles. The number of nitrogens with zero attached hydrogens (tertiary/aromatic N) is 5. The predicted octanol–water partition coefficient (Wildman–Crippen LogP) is 2.63. The van der Waals surface area contributed by atoms with Crippen LogP contribution in [0.25, 0.3) is 0 Å². The molecule has 0 aromatic carbocycles. The van der Waals surface area contributed by atoms with Crippen LogP contribution in [-0.4, -0.2) is 45.5 Å². The van der Waals surface area contributed by atoms with Crippen LogP contribution in [0.2, 0.25) is 0 Å². The highest BCUT2D eigenvalue weighted by atomic mass is 16.5. The topological polar surface area (TPSA) is 56.1 Å². The average Bonchev–Trinajstić information content (AvgIpc) is 2.84. The Morgan fingerprint density at radius 3 is 2.62 bits per heavy atom. The molecule has 1 aliphatic heterocycles. The van der Waals surface area contributed by atoms with E-state index in [2.05, 4.69) is 47.9 Å². The molecule has 0 amide bonds. The number of anilines is 1.